The molecule has 0 aliphatic heterocycles. The third-order valence-corrected chi connectivity index (χ3v) is 2.73. The molecule has 1 aromatic carbocycles. The van der Waals surface area contributed by atoms with Gasteiger partial charge in [0.05, 0.1) is 5.69 Å². The van der Waals surface area contributed by atoms with Crippen LogP contribution in [0.3, 0.4) is 0 Å². The topological polar surface area (TPSA) is 59.2 Å². The van der Waals surface area contributed by atoms with Crippen LogP contribution in [0.25, 0.3) is 5.69 Å². The lowest BCUT2D eigenvalue weighted by Gasteiger charge is -2.10. The van der Waals surface area contributed by atoms with Crippen LogP contribution in [0, 0.1) is 6.92 Å². The van der Waals surface area contributed by atoms with E-state index in [9.17, 15) is 4.79 Å². The molecule has 90 valence electrons. The lowest BCUT2D eigenvalue weighted by atomic mass is 10.1. The van der Waals surface area contributed by atoms with Crippen LogP contribution in [0.2, 0.25) is 0 Å². The van der Waals surface area contributed by atoms with E-state index in [2.05, 4.69) is 5.48 Å². The maximum Gasteiger partial charge on any atom is 0.332 e. The van der Waals surface area contributed by atoms with Gasteiger partial charge in [0.25, 0.3) is 0 Å². The highest BCUT2D eigenvalue weighted by atomic mass is 16.5. The summed E-state index contributed by atoms with van der Waals surface area (Å²) in [5.74, 6) is 0. The van der Waals surface area contributed by atoms with Crippen molar-refractivity contribution in [3.05, 3.63) is 52.2 Å². The summed E-state index contributed by atoms with van der Waals surface area (Å²) < 4.78 is 3.17. The van der Waals surface area contributed by atoms with E-state index in [4.69, 9.17) is 5.21 Å². The molecule has 0 saturated heterocycles. The first-order valence-electron chi connectivity index (χ1n) is 5.35. The molecule has 0 spiro atoms. The Bertz CT molecular complexity index is 584. The fourth-order valence-electron chi connectivity index (χ4n) is 1.96. The van der Waals surface area contributed by atoms with Gasteiger partial charge in [-0.1, -0.05) is 18.2 Å². The zero-order valence-corrected chi connectivity index (χ0v) is 9.84. The number of imidazole rings is 1. The van der Waals surface area contributed by atoms with Gasteiger partial charge in [-0.15, -0.1) is 0 Å². The minimum absolute atomic E-state index is 0.0899. The summed E-state index contributed by atoms with van der Waals surface area (Å²) in [6, 6.07) is 7.48. The van der Waals surface area contributed by atoms with Crippen LogP contribution in [0.5, 0.6) is 0 Å². The Morgan fingerprint density at radius 1 is 1.35 bits per heavy atom. The standard InChI is InChI=1S/C12H15N3O2/c1-9-8-14(2)12(16)15(9)11-6-4-3-5-10(11)7-13-17/h3-6,8,13,17H,7H2,1-2H3. The van der Waals surface area contributed by atoms with Gasteiger partial charge in [-0.3, -0.25) is 4.57 Å². The molecule has 17 heavy (non-hydrogen) atoms. The number of para-hydroxylation sites is 1. The van der Waals surface area contributed by atoms with Crippen molar-refractivity contribution >= 4 is 0 Å². The molecule has 0 fully saturated rings. The van der Waals surface area contributed by atoms with Gasteiger partial charge in [-0.05, 0) is 18.6 Å². The van der Waals surface area contributed by atoms with Crippen LogP contribution >= 0.6 is 0 Å². The van der Waals surface area contributed by atoms with Crippen molar-refractivity contribution in [2.75, 3.05) is 0 Å². The number of hydrogen-bond donors (Lipinski definition) is 2. The van der Waals surface area contributed by atoms with E-state index in [1.165, 1.54) is 0 Å². The molecule has 1 aromatic heterocycles. The highest BCUT2D eigenvalue weighted by Crippen LogP contribution is 2.14. The van der Waals surface area contributed by atoms with E-state index < -0.39 is 0 Å². The molecule has 0 saturated carbocycles. The maximum absolute atomic E-state index is 12.0. The van der Waals surface area contributed by atoms with E-state index in [0.717, 1.165) is 16.9 Å². The first kappa shape index (κ1) is 11.6. The Hall–Kier alpha value is -1.85. The molecule has 2 aromatic rings. The van der Waals surface area contributed by atoms with Crippen molar-refractivity contribution in [2.24, 2.45) is 7.05 Å². The predicted molar refractivity (Wildman–Crippen MR) is 64.4 cm³/mol. The van der Waals surface area contributed by atoms with Crippen LogP contribution in [0.4, 0.5) is 0 Å². The Morgan fingerprint density at radius 2 is 2.06 bits per heavy atom. The molecule has 1 heterocycles. The molecule has 2 N–H and O–H groups in total. The molecular formula is C12H15N3O2. The van der Waals surface area contributed by atoms with Gasteiger partial charge in [0.1, 0.15) is 0 Å². The summed E-state index contributed by atoms with van der Waals surface area (Å²) in [5.41, 5.74) is 4.55. The summed E-state index contributed by atoms with van der Waals surface area (Å²) in [5, 5.41) is 8.79. The van der Waals surface area contributed by atoms with Gasteiger partial charge >= 0.3 is 5.69 Å². The highest BCUT2D eigenvalue weighted by molar-refractivity contribution is 5.42. The van der Waals surface area contributed by atoms with Crippen LogP contribution in [0.15, 0.2) is 35.3 Å². The van der Waals surface area contributed by atoms with E-state index in [1.807, 2.05) is 31.2 Å². The zero-order valence-electron chi connectivity index (χ0n) is 9.84. The number of nitrogens with zero attached hydrogens (tertiary/aromatic N) is 2. The third kappa shape index (κ3) is 2.02. The van der Waals surface area contributed by atoms with Crippen molar-refractivity contribution in [1.82, 2.24) is 14.6 Å². The van der Waals surface area contributed by atoms with Crippen LogP contribution in [0.1, 0.15) is 11.3 Å². The van der Waals surface area contributed by atoms with Crippen molar-refractivity contribution in [1.29, 1.82) is 0 Å². The monoisotopic (exact) mass is 233 g/mol. The van der Waals surface area contributed by atoms with E-state index in [1.54, 1.807) is 22.4 Å². The summed E-state index contributed by atoms with van der Waals surface area (Å²) in [6.45, 7) is 2.18. The second-order valence-electron chi connectivity index (χ2n) is 3.96. The van der Waals surface area contributed by atoms with E-state index in [0.29, 0.717) is 6.54 Å². The lowest BCUT2D eigenvalue weighted by Crippen LogP contribution is -2.23. The minimum Gasteiger partial charge on any atom is -0.316 e. The highest BCUT2D eigenvalue weighted by Gasteiger charge is 2.10. The van der Waals surface area contributed by atoms with Crippen LogP contribution < -0.4 is 11.2 Å². The number of benzene rings is 1. The Labute approximate surface area is 98.9 Å². The maximum atomic E-state index is 12.0. The fraction of sp³-hybridized carbons (Fsp3) is 0.250. The number of aryl methyl sites for hydroxylation is 2. The van der Waals surface area contributed by atoms with E-state index in [-0.39, 0.29) is 5.69 Å². The normalized spacial score (nSPS) is 10.8. The minimum atomic E-state index is -0.0899. The molecule has 0 bridgehead atoms. The van der Waals surface area contributed by atoms with Gasteiger partial charge in [0.15, 0.2) is 0 Å². The number of hydrogen-bond acceptors (Lipinski definition) is 3. The molecule has 0 aliphatic rings. The largest absolute Gasteiger partial charge is 0.332 e. The fourth-order valence-corrected chi connectivity index (χ4v) is 1.96. The SMILES string of the molecule is Cc1cn(C)c(=O)n1-c1ccccc1CNO. The summed E-state index contributed by atoms with van der Waals surface area (Å²) in [7, 11) is 1.72. The Balaban J connectivity index is 2.64. The van der Waals surface area contributed by atoms with Crippen molar-refractivity contribution in [3.8, 4) is 5.69 Å². The zero-order chi connectivity index (χ0) is 12.4. The lowest BCUT2D eigenvalue weighted by molar-refractivity contribution is 0.161. The molecule has 5 nitrogen and oxygen atoms in total. The number of rotatable bonds is 3. The van der Waals surface area contributed by atoms with Gasteiger partial charge < -0.3 is 9.77 Å². The molecule has 2 rings (SSSR count). The molecule has 0 amide bonds. The van der Waals surface area contributed by atoms with Gasteiger partial charge in [-0.25, -0.2) is 10.3 Å². The molecule has 5 heteroatoms. The summed E-state index contributed by atoms with van der Waals surface area (Å²) in [4.78, 5) is 12.0. The van der Waals surface area contributed by atoms with Crippen molar-refractivity contribution in [2.45, 2.75) is 13.5 Å². The number of hydroxylamine groups is 1. The molecule has 0 aliphatic carbocycles. The molecule has 0 unspecified atom stereocenters. The number of aromatic nitrogens is 2. The quantitative estimate of drug-likeness (QED) is 0.776. The van der Waals surface area contributed by atoms with Gasteiger partial charge in [-0.2, -0.15) is 0 Å². The second kappa shape index (κ2) is 4.57. The summed E-state index contributed by atoms with van der Waals surface area (Å²) >= 11 is 0. The van der Waals surface area contributed by atoms with Crippen LogP contribution in [-0.4, -0.2) is 14.3 Å². The Morgan fingerprint density at radius 3 is 2.65 bits per heavy atom. The third-order valence-electron chi connectivity index (χ3n) is 2.73. The molecule has 0 atom stereocenters. The predicted octanol–water partition coefficient (Wildman–Crippen LogP) is 0.963. The van der Waals surface area contributed by atoms with Crippen molar-refractivity contribution in [3.63, 3.8) is 0 Å². The molecule has 0 radical (unpaired) electrons. The Kier molecular flexibility index (Phi) is 3.12. The first-order chi connectivity index (χ1) is 8.15. The van der Waals surface area contributed by atoms with Gasteiger partial charge in [0.2, 0.25) is 0 Å². The smallest absolute Gasteiger partial charge is 0.316 e. The van der Waals surface area contributed by atoms with Gasteiger partial charge in [0, 0.05) is 25.5 Å². The molecular weight excluding hydrogens is 218 g/mol. The second-order valence-corrected chi connectivity index (χ2v) is 3.96. The first-order valence-corrected chi connectivity index (χ1v) is 5.35. The average molecular weight is 233 g/mol. The van der Waals surface area contributed by atoms with Crippen molar-refractivity contribution < 1.29 is 5.21 Å². The summed E-state index contributed by atoms with van der Waals surface area (Å²) in [6.07, 6.45) is 1.78. The van der Waals surface area contributed by atoms with E-state index >= 15 is 0 Å². The average Bonchev–Trinajstić information content (AvgIpc) is 2.55. The van der Waals surface area contributed by atoms with Crippen LogP contribution in [-0.2, 0) is 13.6 Å². The number of nitrogens with one attached hydrogen (secondary N) is 1.